The van der Waals surface area contributed by atoms with Crippen molar-refractivity contribution in [2.45, 2.75) is 32.1 Å². The van der Waals surface area contributed by atoms with Crippen LogP contribution in [0.25, 0.3) is 0 Å². The van der Waals surface area contributed by atoms with Crippen molar-refractivity contribution in [3.8, 4) is 0 Å². The van der Waals surface area contributed by atoms with Gasteiger partial charge in [-0.2, -0.15) is 0 Å². The minimum absolute atomic E-state index is 0.0381. The van der Waals surface area contributed by atoms with Crippen LogP contribution in [0.5, 0.6) is 0 Å². The van der Waals surface area contributed by atoms with E-state index >= 15 is 0 Å². The highest BCUT2D eigenvalue weighted by molar-refractivity contribution is 6.01. The first kappa shape index (κ1) is 15.6. The van der Waals surface area contributed by atoms with E-state index in [0.717, 1.165) is 0 Å². The maximum Gasteiger partial charge on any atom is 0.333 e. The van der Waals surface area contributed by atoms with Crippen molar-refractivity contribution in [2.75, 3.05) is 0 Å². The van der Waals surface area contributed by atoms with Gasteiger partial charge in [-0.1, -0.05) is 0 Å². The fourth-order valence-electron chi connectivity index (χ4n) is 1.59. The SMILES string of the molecule is O=C(CCCC(C(=O)[O-])C(=O)[O-])ON1C(=O)CCC1=O. The van der Waals surface area contributed by atoms with Crippen molar-refractivity contribution in [3.05, 3.63) is 0 Å². The fourth-order valence-corrected chi connectivity index (χ4v) is 1.59. The molecule has 0 aromatic rings. The number of imide groups is 1. The standard InChI is InChI=1S/C11H13NO8/c13-7-4-5-8(14)12(7)20-9(15)3-1-2-6(10(16)17)11(18)19/h6H,1-5H2,(H,16,17)(H,18,19)/p-2. The van der Waals surface area contributed by atoms with Crippen molar-refractivity contribution < 1.29 is 39.0 Å². The van der Waals surface area contributed by atoms with Crippen LogP contribution >= 0.6 is 0 Å². The maximum atomic E-state index is 11.3. The predicted molar refractivity (Wildman–Crippen MR) is 54.5 cm³/mol. The van der Waals surface area contributed by atoms with E-state index in [0.29, 0.717) is 5.06 Å². The van der Waals surface area contributed by atoms with Crippen LogP contribution in [0.15, 0.2) is 0 Å². The van der Waals surface area contributed by atoms with E-state index in [2.05, 4.69) is 4.84 Å². The van der Waals surface area contributed by atoms with Gasteiger partial charge >= 0.3 is 5.97 Å². The number of carboxylic acid groups (broad SMARTS) is 2. The number of hydroxylamine groups is 2. The molecule has 0 N–H and O–H groups in total. The minimum atomic E-state index is -1.82. The highest BCUT2D eigenvalue weighted by atomic mass is 16.7. The van der Waals surface area contributed by atoms with E-state index in [4.69, 9.17) is 0 Å². The average molecular weight is 285 g/mol. The van der Waals surface area contributed by atoms with Crippen LogP contribution in [0.3, 0.4) is 0 Å². The molecule has 0 aliphatic carbocycles. The maximum absolute atomic E-state index is 11.3. The third-order valence-electron chi connectivity index (χ3n) is 2.64. The van der Waals surface area contributed by atoms with Gasteiger partial charge in [0, 0.05) is 25.2 Å². The molecule has 0 saturated carbocycles. The Hall–Kier alpha value is -2.45. The number of hydrogen-bond donors (Lipinski definition) is 0. The van der Waals surface area contributed by atoms with Crippen LogP contribution in [-0.2, 0) is 28.8 Å². The summed E-state index contributed by atoms with van der Waals surface area (Å²) in [4.78, 5) is 59.0. The van der Waals surface area contributed by atoms with E-state index in [1.54, 1.807) is 0 Å². The lowest BCUT2D eigenvalue weighted by atomic mass is 10.0. The monoisotopic (exact) mass is 285 g/mol. The number of aliphatic carboxylic acids is 2. The Bertz CT molecular complexity index is 427. The van der Waals surface area contributed by atoms with Gasteiger partial charge in [-0.15, -0.1) is 5.06 Å². The summed E-state index contributed by atoms with van der Waals surface area (Å²) in [7, 11) is 0. The van der Waals surface area contributed by atoms with E-state index in [1.807, 2.05) is 0 Å². The summed E-state index contributed by atoms with van der Waals surface area (Å²) in [6.07, 6.45) is -0.912. The van der Waals surface area contributed by atoms with E-state index in [-0.39, 0.29) is 32.1 Å². The van der Waals surface area contributed by atoms with Gasteiger partial charge in [0.2, 0.25) is 0 Å². The number of carbonyl (C=O) groups is 5. The van der Waals surface area contributed by atoms with Gasteiger partial charge in [0.25, 0.3) is 11.8 Å². The molecule has 1 saturated heterocycles. The van der Waals surface area contributed by atoms with Gasteiger partial charge in [-0.3, -0.25) is 9.59 Å². The van der Waals surface area contributed by atoms with E-state index in [1.165, 1.54) is 0 Å². The zero-order valence-corrected chi connectivity index (χ0v) is 10.3. The summed E-state index contributed by atoms with van der Waals surface area (Å²) in [6.45, 7) is 0. The summed E-state index contributed by atoms with van der Waals surface area (Å²) in [6, 6.07) is 0. The van der Waals surface area contributed by atoms with Crippen LogP contribution < -0.4 is 10.2 Å². The van der Waals surface area contributed by atoms with Gasteiger partial charge in [-0.05, 0) is 12.8 Å². The first-order chi connectivity index (χ1) is 9.32. The summed E-state index contributed by atoms with van der Waals surface area (Å²) in [5.74, 6) is -7.62. The third kappa shape index (κ3) is 4.04. The molecule has 0 aromatic heterocycles. The highest BCUT2D eigenvalue weighted by Crippen LogP contribution is 2.14. The minimum Gasteiger partial charge on any atom is -0.549 e. The molecule has 9 nitrogen and oxygen atoms in total. The molecule has 1 aliphatic rings. The third-order valence-corrected chi connectivity index (χ3v) is 2.64. The van der Waals surface area contributed by atoms with Crippen LogP contribution in [0, 0.1) is 5.92 Å². The second-order valence-electron chi connectivity index (χ2n) is 4.13. The number of carbonyl (C=O) groups excluding carboxylic acids is 5. The topological polar surface area (TPSA) is 144 Å². The summed E-state index contributed by atoms with van der Waals surface area (Å²) >= 11 is 0. The van der Waals surface area contributed by atoms with Gasteiger partial charge in [0.1, 0.15) is 0 Å². The molecule has 0 aromatic carbocycles. The zero-order valence-electron chi connectivity index (χ0n) is 10.3. The van der Waals surface area contributed by atoms with Gasteiger partial charge in [0.05, 0.1) is 11.9 Å². The van der Waals surface area contributed by atoms with Gasteiger partial charge in [-0.25, -0.2) is 4.79 Å². The van der Waals surface area contributed by atoms with Crippen LogP contribution in [0.2, 0.25) is 0 Å². The highest BCUT2D eigenvalue weighted by Gasteiger charge is 2.32. The molecule has 0 bridgehead atoms. The first-order valence-electron chi connectivity index (χ1n) is 5.81. The Kier molecular flexibility index (Phi) is 5.18. The molecule has 0 radical (unpaired) electrons. The molecule has 1 aliphatic heterocycles. The lowest BCUT2D eigenvalue weighted by Crippen LogP contribution is -2.43. The summed E-state index contributed by atoms with van der Waals surface area (Å²) in [5.41, 5.74) is 0. The summed E-state index contributed by atoms with van der Waals surface area (Å²) in [5, 5.41) is 21.2. The number of hydrogen-bond acceptors (Lipinski definition) is 8. The molecule has 1 rings (SSSR count). The molecule has 9 heteroatoms. The number of rotatable bonds is 7. The first-order valence-corrected chi connectivity index (χ1v) is 5.81. The van der Waals surface area contributed by atoms with Crippen molar-refractivity contribution in [1.82, 2.24) is 5.06 Å². The molecular weight excluding hydrogens is 274 g/mol. The molecule has 110 valence electrons. The Labute approximate surface area is 113 Å². The normalized spacial score (nSPS) is 14.8. The van der Waals surface area contributed by atoms with Crippen LogP contribution in [-0.4, -0.2) is 34.8 Å². The zero-order chi connectivity index (χ0) is 15.3. The Morgan fingerprint density at radius 1 is 1.10 bits per heavy atom. The van der Waals surface area contributed by atoms with E-state index in [9.17, 15) is 34.2 Å². The van der Waals surface area contributed by atoms with Crippen molar-refractivity contribution >= 4 is 29.7 Å². The quantitative estimate of drug-likeness (QED) is 0.353. The van der Waals surface area contributed by atoms with Crippen molar-refractivity contribution in [1.29, 1.82) is 0 Å². The Balaban J connectivity index is 2.37. The Morgan fingerprint density at radius 3 is 2.05 bits per heavy atom. The smallest absolute Gasteiger partial charge is 0.333 e. The second-order valence-corrected chi connectivity index (χ2v) is 4.13. The molecule has 1 heterocycles. The average Bonchev–Trinajstić information content (AvgIpc) is 2.65. The molecular formula is C11H11NO8-2. The van der Waals surface area contributed by atoms with Crippen molar-refractivity contribution in [2.24, 2.45) is 5.92 Å². The number of amides is 2. The second kappa shape index (κ2) is 6.64. The van der Waals surface area contributed by atoms with Crippen LogP contribution in [0.1, 0.15) is 32.1 Å². The molecule has 1 fully saturated rings. The number of nitrogens with zero attached hydrogens (tertiary/aromatic N) is 1. The largest absolute Gasteiger partial charge is 0.549 e. The molecule has 2 amide bonds. The predicted octanol–water partition coefficient (Wildman–Crippen LogP) is -3.12. The van der Waals surface area contributed by atoms with Crippen LogP contribution in [0.4, 0.5) is 0 Å². The van der Waals surface area contributed by atoms with Gasteiger partial charge < -0.3 is 24.6 Å². The molecule has 0 atom stereocenters. The molecule has 0 unspecified atom stereocenters. The summed E-state index contributed by atoms with van der Waals surface area (Å²) < 4.78 is 0. The Morgan fingerprint density at radius 2 is 1.60 bits per heavy atom. The van der Waals surface area contributed by atoms with Gasteiger partial charge in [0.15, 0.2) is 0 Å². The lowest BCUT2D eigenvalue weighted by molar-refractivity contribution is -0.332. The lowest BCUT2D eigenvalue weighted by Gasteiger charge is -2.18. The molecule has 0 spiro atoms. The molecule has 20 heavy (non-hydrogen) atoms. The van der Waals surface area contributed by atoms with Crippen molar-refractivity contribution in [3.63, 3.8) is 0 Å². The fraction of sp³-hybridized carbons (Fsp3) is 0.545. The number of carboxylic acids is 2. The van der Waals surface area contributed by atoms with E-state index < -0.39 is 35.6 Å².